The van der Waals surface area contributed by atoms with Crippen LogP contribution in [0.25, 0.3) is 0 Å². The maximum atomic E-state index is 12.0. The molecule has 1 aromatic rings. The molecule has 4 heteroatoms. The van der Waals surface area contributed by atoms with Crippen molar-refractivity contribution in [1.29, 1.82) is 0 Å². The van der Waals surface area contributed by atoms with Gasteiger partial charge in [-0.05, 0) is 25.7 Å². The number of rotatable bonds is 1. The van der Waals surface area contributed by atoms with Crippen LogP contribution in [0.3, 0.4) is 0 Å². The van der Waals surface area contributed by atoms with Gasteiger partial charge in [0.1, 0.15) is 0 Å². The highest BCUT2D eigenvalue weighted by atomic mass is 32.1. The molecule has 3 nitrogen and oxygen atoms in total. The zero-order chi connectivity index (χ0) is 13.2. The number of nitrogens with zero attached hydrogens (tertiary/aromatic N) is 2. The Morgan fingerprint density at radius 3 is 2.79 bits per heavy atom. The van der Waals surface area contributed by atoms with E-state index in [2.05, 4.69) is 5.92 Å². The molecule has 2 aliphatic rings. The lowest BCUT2D eigenvalue weighted by Gasteiger charge is -2.10. The number of hydrogen-bond acceptors (Lipinski definition) is 3. The molecule has 1 atom stereocenters. The van der Waals surface area contributed by atoms with Gasteiger partial charge in [0.2, 0.25) is 5.91 Å². The van der Waals surface area contributed by atoms with Crippen molar-refractivity contribution in [1.82, 2.24) is 4.98 Å². The Morgan fingerprint density at radius 1 is 1.26 bits per heavy atom. The quantitative estimate of drug-likeness (QED) is 0.738. The first-order valence-corrected chi connectivity index (χ1v) is 7.84. The van der Waals surface area contributed by atoms with E-state index in [0.717, 1.165) is 18.0 Å². The number of anilines is 1. The highest BCUT2D eigenvalue weighted by Gasteiger charge is 2.31. The van der Waals surface area contributed by atoms with Crippen LogP contribution in [0.2, 0.25) is 0 Å². The molecule has 19 heavy (non-hydrogen) atoms. The second-order valence-corrected chi connectivity index (χ2v) is 6.41. The van der Waals surface area contributed by atoms with Gasteiger partial charge in [0.25, 0.3) is 0 Å². The number of thiazole rings is 1. The third-order valence-corrected chi connectivity index (χ3v) is 5.11. The Morgan fingerprint density at radius 2 is 2.05 bits per heavy atom. The first kappa shape index (κ1) is 12.7. The maximum absolute atomic E-state index is 12.0. The van der Waals surface area contributed by atoms with Crippen molar-refractivity contribution in [3.63, 3.8) is 0 Å². The fourth-order valence-corrected chi connectivity index (χ4v) is 3.99. The summed E-state index contributed by atoms with van der Waals surface area (Å²) in [4.78, 5) is 19.9. The molecule has 1 aliphatic carbocycles. The van der Waals surface area contributed by atoms with Crippen molar-refractivity contribution in [2.75, 3.05) is 11.4 Å². The van der Waals surface area contributed by atoms with Crippen molar-refractivity contribution < 1.29 is 4.79 Å². The highest BCUT2D eigenvalue weighted by molar-refractivity contribution is 7.16. The molecule has 1 saturated heterocycles. The number of fused-ring (bicyclic) bond motifs is 1. The fourth-order valence-electron chi connectivity index (χ4n) is 2.81. The van der Waals surface area contributed by atoms with Crippen LogP contribution in [0, 0.1) is 18.3 Å². The Labute approximate surface area is 118 Å². The van der Waals surface area contributed by atoms with E-state index in [1.54, 1.807) is 16.2 Å². The number of aromatic nitrogens is 1. The topological polar surface area (TPSA) is 33.2 Å². The van der Waals surface area contributed by atoms with Crippen LogP contribution in [0.5, 0.6) is 0 Å². The number of carbonyl (C=O) groups excluding carboxylic acids is 1. The molecule has 0 N–H and O–H groups in total. The van der Waals surface area contributed by atoms with E-state index in [-0.39, 0.29) is 11.8 Å². The van der Waals surface area contributed by atoms with Gasteiger partial charge in [-0.2, -0.15) is 0 Å². The van der Waals surface area contributed by atoms with Crippen LogP contribution in [-0.4, -0.2) is 17.4 Å². The molecule has 0 spiro atoms. The predicted molar refractivity (Wildman–Crippen MR) is 77.3 cm³/mol. The first-order valence-electron chi connectivity index (χ1n) is 7.03. The molecule has 1 amide bonds. The third kappa shape index (κ3) is 2.52. The summed E-state index contributed by atoms with van der Waals surface area (Å²) in [6, 6.07) is 0. The van der Waals surface area contributed by atoms with E-state index >= 15 is 0 Å². The summed E-state index contributed by atoms with van der Waals surface area (Å²) in [6.45, 7) is 0.641. The van der Waals surface area contributed by atoms with Crippen LogP contribution in [0.15, 0.2) is 0 Å². The van der Waals surface area contributed by atoms with Gasteiger partial charge in [-0.3, -0.25) is 9.69 Å². The van der Waals surface area contributed by atoms with Crippen molar-refractivity contribution in [3.8, 4) is 12.3 Å². The molecule has 0 saturated carbocycles. The summed E-state index contributed by atoms with van der Waals surface area (Å²) >= 11 is 1.70. The Hall–Kier alpha value is -1.34. The molecule has 0 bridgehead atoms. The lowest BCUT2D eigenvalue weighted by atomic mass is 10.0. The number of hydrogen-bond donors (Lipinski definition) is 0. The minimum atomic E-state index is 0.0546. The molecule has 3 rings (SSSR count). The zero-order valence-electron chi connectivity index (χ0n) is 11.0. The Kier molecular flexibility index (Phi) is 3.56. The van der Waals surface area contributed by atoms with E-state index in [4.69, 9.17) is 11.4 Å². The molecule has 2 heterocycles. The SMILES string of the molecule is C#CC1CC(=O)N(c2nc3c(s2)CCCCCC3)C1. The van der Waals surface area contributed by atoms with Crippen molar-refractivity contribution >= 4 is 22.4 Å². The third-order valence-electron chi connectivity index (χ3n) is 3.93. The second-order valence-electron chi connectivity index (χ2n) is 5.35. The van der Waals surface area contributed by atoms with Crippen LogP contribution in [-0.2, 0) is 17.6 Å². The monoisotopic (exact) mass is 274 g/mol. The normalized spacial score (nSPS) is 23.6. The standard InChI is InChI=1S/C15H18N2OS/c1-2-11-9-14(18)17(10-11)15-16-12-7-5-3-4-6-8-13(12)19-15/h1,11H,3-10H2. The van der Waals surface area contributed by atoms with E-state index in [1.165, 1.54) is 36.3 Å². The molecule has 0 radical (unpaired) electrons. The lowest BCUT2D eigenvalue weighted by Crippen LogP contribution is -2.24. The maximum Gasteiger partial charge on any atom is 0.230 e. The largest absolute Gasteiger partial charge is 0.287 e. The average Bonchev–Trinajstić information content (AvgIpc) is 2.93. The zero-order valence-corrected chi connectivity index (χ0v) is 11.8. The minimum Gasteiger partial charge on any atom is -0.287 e. The fraction of sp³-hybridized carbons (Fsp3) is 0.600. The lowest BCUT2D eigenvalue weighted by molar-refractivity contribution is -0.117. The van der Waals surface area contributed by atoms with E-state index in [0.29, 0.717) is 13.0 Å². The van der Waals surface area contributed by atoms with Gasteiger partial charge in [-0.15, -0.1) is 23.7 Å². The molecule has 1 fully saturated rings. The molecule has 100 valence electrons. The number of terminal acetylenes is 1. The van der Waals surface area contributed by atoms with Crippen LogP contribution >= 0.6 is 11.3 Å². The summed E-state index contributed by atoms with van der Waals surface area (Å²) in [5, 5.41) is 0.870. The summed E-state index contributed by atoms with van der Waals surface area (Å²) < 4.78 is 0. The molecule has 1 aromatic heterocycles. The highest BCUT2D eigenvalue weighted by Crippen LogP contribution is 2.33. The van der Waals surface area contributed by atoms with Gasteiger partial charge in [0, 0.05) is 23.8 Å². The summed E-state index contributed by atoms with van der Waals surface area (Å²) in [6.07, 6.45) is 13.2. The summed E-state index contributed by atoms with van der Waals surface area (Å²) in [5.41, 5.74) is 1.22. The van der Waals surface area contributed by atoms with E-state index < -0.39 is 0 Å². The van der Waals surface area contributed by atoms with Crippen molar-refractivity contribution in [2.24, 2.45) is 5.92 Å². The van der Waals surface area contributed by atoms with Gasteiger partial charge < -0.3 is 0 Å². The Bertz CT molecular complexity index is 503. The van der Waals surface area contributed by atoms with Crippen molar-refractivity contribution in [3.05, 3.63) is 10.6 Å². The van der Waals surface area contributed by atoms with Crippen LogP contribution < -0.4 is 4.90 Å². The number of amides is 1. The van der Waals surface area contributed by atoms with Gasteiger partial charge in [-0.25, -0.2) is 4.98 Å². The van der Waals surface area contributed by atoms with Crippen LogP contribution in [0.1, 0.15) is 42.7 Å². The summed E-state index contributed by atoms with van der Waals surface area (Å²) in [7, 11) is 0. The van der Waals surface area contributed by atoms with E-state index in [1.807, 2.05) is 0 Å². The van der Waals surface area contributed by atoms with Gasteiger partial charge in [-0.1, -0.05) is 12.8 Å². The molecule has 1 aliphatic heterocycles. The minimum absolute atomic E-state index is 0.0546. The average molecular weight is 274 g/mol. The smallest absolute Gasteiger partial charge is 0.230 e. The number of carbonyl (C=O) groups is 1. The van der Waals surface area contributed by atoms with Gasteiger partial charge in [0.15, 0.2) is 5.13 Å². The van der Waals surface area contributed by atoms with Gasteiger partial charge >= 0.3 is 0 Å². The van der Waals surface area contributed by atoms with Crippen molar-refractivity contribution in [2.45, 2.75) is 44.9 Å². The molecule has 1 unspecified atom stereocenters. The molecule has 0 aromatic carbocycles. The van der Waals surface area contributed by atoms with E-state index in [9.17, 15) is 4.79 Å². The van der Waals surface area contributed by atoms with Gasteiger partial charge in [0.05, 0.1) is 5.69 Å². The predicted octanol–water partition coefficient (Wildman–Crippen LogP) is 2.79. The summed E-state index contributed by atoms with van der Waals surface area (Å²) in [5.74, 6) is 2.87. The Balaban J connectivity index is 1.84. The second kappa shape index (κ2) is 5.34. The van der Waals surface area contributed by atoms with Crippen LogP contribution in [0.4, 0.5) is 5.13 Å². The first-order chi connectivity index (χ1) is 9.28. The molecular weight excluding hydrogens is 256 g/mol. The molecular formula is C15H18N2OS. The number of aryl methyl sites for hydroxylation is 2.